The molecule has 0 radical (unpaired) electrons. The number of hydrogen-bond donors (Lipinski definition) is 1. The number of anilines is 1. The van der Waals surface area contributed by atoms with Gasteiger partial charge in [-0.25, -0.2) is 8.42 Å². The third-order valence-electron chi connectivity index (χ3n) is 5.81. The first-order chi connectivity index (χ1) is 17.4. The number of rotatable bonds is 9. The maximum absolute atomic E-state index is 13.1. The first kappa shape index (κ1) is 25.4. The van der Waals surface area contributed by atoms with Crippen LogP contribution in [0.15, 0.2) is 89.8 Å². The van der Waals surface area contributed by atoms with Crippen molar-refractivity contribution in [1.29, 1.82) is 0 Å². The largest absolute Gasteiger partial charge is 0.489 e. The number of sulfonamides is 1. The van der Waals surface area contributed by atoms with Crippen molar-refractivity contribution in [2.45, 2.75) is 36.8 Å². The number of nitrogens with zero attached hydrogens (tertiary/aromatic N) is 1. The predicted molar refractivity (Wildman–Crippen MR) is 135 cm³/mol. The lowest BCUT2D eigenvalue weighted by molar-refractivity contribution is -0.152. The summed E-state index contributed by atoms with van der Waals surface area (Å²) in [6.07, 6.45) is 1.70. The number of piperidine rings is 1. The lowest BCUT2D eigenvalue weighted by Crippen LogP contribution is -2.48. The van der Waals surface area contributed by atoms with Crippen molar-refractivity contribution in [2.75, 3.05) is 18.5 Å². The summed E-state index contributed by atoms with van der Waals surface area (Å²) in [6.45, 7) is 0.142. The number of carbonyl (C=O) groups excluding carboxylic acids is 2. The van der Waals surface area contributed by atoms with E-state index >= 15 is 0 Å². The molecular weight excluding hydrogens is 480 g/mol. The maximum atomic E-state index is 13.1. The molecule has 0 aliphatic carbocycles. The molecule has 1 N–H and O–H groups in total. The Balaban J connectivity index is 1.29. The van der Waals surface area contributed by atoms with Gasteiger partial charge in [0.05, 0.1) is 4.90 Å². The number of ether oxygens (including phenoxy) is 2. The predicted octanol–water partition coefficient (Wildman–Crippen LogP) is 3.99. The van der Waals surface area contributed by atoms with Gasteiger partial charge < -0.3 is 14.8 Å². The molecule has 1 aliphatic heterocycles. The third-order valence-corrected chi connectivity index (χ3v) is 7.73. The minimum Gasteiger partial charge on any atom is -0.489 e. The van der Waals surface area contributed by atoms with Crippen molar-refractivity contribution in [1.82, 2.24) is 4.31 Å². The SMILES string of the molecule is O=C(COC(=O)C1CCCCN1S(=O)(=O)c1ccccc1)Nc1ccc(OCc2ccccc2)cc1. The van der Waals surface area contributed by atoms with E-state index in [1.54, 1.807) is 42.5 Å². The van der Waals surface area contributed by atoms with E-state index in [9.17, 15) is 18.0 Å². The number of nitrogens with one attached hydrogen (secondary N) is 1. The van der Waals surface area contributed by atoms with Gasteiger partial charge in [-0.3, -0.25) is 9.59 Å². The molecule has 1 fully saturated rings. The molecule has 4 rings (SSSR count). The topological polar surface area (TPSA) is 102 Å². The molecule has 1 aliphatic rings. The summed E-state index contributed by atoms with van der Waals surface area (Å²) < 4.78 is 38.2. The van der Waals surface area contributed by atoms with Crippen LogP contribution in [-0.2, 0) is 31.0 Å². The fourth-order valence-electron chi connectivity index (χ4n) is 3.96. The Kier molecular flexibility index (Phi) is 8.35. The van der Waals surface area contributed by atoms with Crippen LogP contribution in [-0.4, -0.2) is 43.8 Å². The Hall–Kier alpha value is -3.69. The van der Waals surface area contributed by atoms with Gasteiger partial charge in [0.25, 0.3) is 5.91 Å². The van der Waals surface area contributed by atoms with Crippen LogP contribution < -0.4 is 10.1 Å². The lowest BCUT2D eigenvalue weighted by Gasteiger charge is -2.32. The molecule has 8 nitrogen and oxygen atoms in total. The Morgan fingerprint density at radius 3 is 2.25 bits per heavy atom. The van der Waals surface area contributed by atoms with E-state index in [-0.39, 0.29) is 11.4 Å². The molecule has 0 saturated carbocycles. The number of hydrogen-bond acceptors (Lipinski definition) is 6. The Bertz CT molecular complexity index is 1260. The van der Waals surface area contributed by atoms with Crippen molar-refractivity contribution in [3.63, 3.8) is 0 Å². The van der Waals surface area contributed by atoms with Crippen molar-refractivity contribution >= 4 is 27.6 Å². The molecule has 9 heteroatoms. The van der Waals surface area contributed by atoms with E-state index < -0.39 is 34.5 Å². The van der Waals surface area contributed by atoms with E-state index in [1.807, 2.05) is 30.3 Å². The molecule has 1 amide bonds. The van der Waals surface area contributed by atoms with E-state index in [4.69, 9.17) is 9.47 Å². The van der Waals surface area contributed by atoms with Crippen molar-refractivity contribution < 1.29 is 27.5 Å². The average Bonchev–Trinajstić information content (AvgIpc) is 2.92. The van der Waals surface area contributed by atoms with Gasteiger partial charge in [0.2, 0.25) is 10.0 Å². The molecule has 0 spiro atoms. The smallest absolute Gasteiger partial charge is 0.324 e. The highest BCUT2D eigenvalue weighted by atomic mass is 32.2. The van der Waals surface area contributed by atoms with Crippen LogP contribution in [0.2, 0.25) is 0 Å². The molecule has 36 heavy (non-hydrogen) atoms. The monoisotopic (exact) mass is 508 g/mol. The molecule has 188 valence electrons. The van der Waals surface area contributed by atoms with Gasteiger partial charge >= 0.3 is 5.97 Å². The van der Waals surface area contributed by atoms with Crippen molar-refractivity contribution in [3.8, 4) is 5.75 Å². The van der Waals surface area contributed by atoms with Crippen LogP contribution in [0.4, 0.5) is 5.69 Å². The molecule has 3 aromatic carbocycles. The summed E-state index contributed by atoms with van der Waals surface area (Å²) >= 11 is 0. The van der Waals surface area contributed by atoms with Crippen LogP contribution >= 0.6 is 0 Å². The summed E-state index contributed by atoms with van der Waals surface area (Å²) in [5.74, 6) is -0.594. The summed E-state index contributed by atoms with van der Waals surface area (Å²) in [4.78, 5) is 25.2. The van der Waals surface area contributed by atoms with Crippen LogP contribution in [0.3, 0.4) is 0 Å². The van der Waals surface area contributed by atoms with Crippen LogP contribution in [0, 0.1) is 0 Å². The van der Waals surface area contributed by atoms with Gasteiger partial charge in [-0.2, -0.15) is 4.31 Å². The molecule has 0 bridgehead atoms. The molecule has 1 atom stereocenters. The maximum Gasteiger partial charge on any atom is 0.324 e. The number of amides is 1. The second-order valence-corrected chi connectivity index (χ2v) is 10.3. The zero-order chi connectivity index (χ0) is 25.4. The first-order valence-corrected chi connectivity index (χ1v) is 13.2. The molecule has 0 aromatic heterocycles. The Morgan fingerprint density at radius 2 is 1.56 bits per heavy atom. The van der Waals surface area contributed by atoms with Gasteiger partial charge in [-0.15, -0.1) is 0 Å². The van der Waals surface area contributed by atoms with Crippen molar-refractivity contribution in [2.24, 2.45) is 0 Å². The standard InChI is InChI=1S/C27H28N2O6S/c30-26(28-22-14-16-23(17-15-22)34-19-21-9-3-1-4-10-21)20-35-27(31)25-13-7-8-18-29(25)36(32,33)24-11-5-2-6-12-24/h1-6,9-12,14-17,25H,7-8,13,18-20H2,(H,28,30). The van der Waals surface area contributed by atoms with Gasteiger partial charge in [0.15, 0.2) is 6.61 Å². The zero-order valence-electron chi connectivity index (χ0n) is 19.7. The van der Waals surface area contributed by atoms with E-state index in [2.05, 4.69) is 5.32 Å². The van der Waals surface area contributed by atoms with Crippen LogP contribution in [0.25, 0.3) is 0 Å². The lowest BCUT2D eigenvalue weighted by atomic mass is 10.1. The second kappa shape index (κ2) is 11.8. The van der Waals surface area contributed by atoms with Crippen LogP contribution in [0.1, 0.15) is 24.8 Å². The van der Waals surface area contributed by atoms with Gasteiger partial charge in [0.1, 0.15) is 18.4 Å². The quantitative estimate of drug-likeness (QED) is 0.439. The molecular formula is C27H28N2O6S. The highest BCUT2D eigenvalue weighted by Gasteiger charge is 2.38. The highest BCUT2D eigenvalue weighted by Crippen LogP contribution is 2.26. The highest BCUT2D eigenvalue weighted by molar-refractivity contribution is 7.89. The Morgan fingerprint density at radius 1 is 0.889 bits per heavy atom. The number of esters is 1. The zero-order valence-corrected chi connectivity index (χ0v) is 20.5. The minimum absolute atomic E-state index is 0.124. The third kappa shape index (κ3) is 6.50. The second-order valence-electron chi connectivity index (χ2n) is 8.39. The summed E-state index contributed by atoms with van der Waals surface area (Å²) in [6, 6.07) is 23.7. The Labute approximate surface area is 210 Å². The first-order valence-electron chi connectivity index (χ1n) is 11.7. The molecule has 1 saturated heterocycles. The fourth-order valence-corrected chi connectivity index (χ4v) is 5.63. The van der Waals surface area contributed by atoms with E-state index in [0.29, 0.717) is 37.3 Å². The van der Waals surface area contributed by atoms with Crippen LogP contribution in [0.5, 0.6) is 5.75 Å². The summed E-state index contributed by atoms with van der Waals surface area (Å²) in [7, 11) is -3.85. The van der Waals surface area contributed by atoms with E-state index in [0.717, 1.165) is 5.56 Å². The average molecular weight is 509 g/mol. The number of carbonyl (C=O) groups is 2. The van der Waals surface area contributed by atoms with Gasteiger partial charge in [-0.1, -0.05) is 48.5 Å². The number of benzene rings is 3. The molecule has 1 heterocycles. The van der Waals surface area contributed by atoms with E-state index in [1.165, 1.54) is 16.4 Å². The van der Waals surface area contributed by atoms with Gasteiger partial charge in [-0.05, 0) is 61.2 Å². The fraction of sp³-hybridized carbons (Fsp3) is 0.259. The molecule has 1 unspecified atom stereocenters. The molecule has 3 aromatic rings. The van der Waals surface area contributed by atoms with Crippen molar-refractivity contribution in [3.05, 3.63) is 90.5 Å². The van der Waals surface area contributed by atoms with Gasteiger partial charge in [0, 0.05) is 12.2 Å². The minimum atomic E-state index is -3.85. The normalized spacial score (nSPS) is 16.2. The summed E-state index contributed by atoms with van der Waals surface area (Å²) in [5.41, 5.74) is 1.57. The summed E-state index contributed by atoms with van der Waals surface area (Å²) in [5, 5.41) is 2.66.